The standard InChI is InChI=1S/C11H22N2O2/c1-2-6-12-11(15)13-8-9-4-3-5-10(14)7-9/h9-10,14H,2-8H2,1H3,(H2,12,13,15). The van der Waals surface area contributed by atoms with Gasteiger partial charge in [0, 0.05) is 13.1 Å². The lowest BCUT2D eigenvalue weighted by Gasteiger charge is -2.25. The molecule has 1 aliphatic carbocycles. The first-order chi connectivity index (χ1) is 7.22. The van der Waals surface area contributed by atoms with Crippen LogP contribution in [0.25, 0.3) is 0 Å². The molecular formula is C11H22N2O2. The SMILES string of the molecule is CCCNC(=O)NCC1CCCC(O)C1. The third-order valence-corrected chi connectivity index (χ3v) is 2.84. The Hall–Kier alpha value is -0.770. The lowest BCUT2D eigenvalue weighted by molar-refractivity contribution is 0.101. The number of urea groups is 1. The molecule has 0 aliphatic heterocycles. The van der Waals surface area contributed by atoms with E-state index in [0.29, 0.717) is 12.5 Å². The molecule has 4 heteroatoms. The molecule has 15 heavy (non-hydrogen) atoms. The molecule has 88 valence electrons. The molecule has 2 atom stereocenters. The lowest BCUT2D eigenvalue weighted by Crippen LogP contribution is -2.39. The van der Waals surface area contributed by atoms with Crippen molar-refractivity contribution in [3.8, 4) is 0 Å². The first-order valence-corrected chi connectivity index (χ1v) is 5.92. The van der Waals surface area contributed by atoms with Crippen molar-refractivity contribution in [1.82, 2.24) is 10.6 Å². The van der Waals surface area contributed by atoms with Crippen LogP contribution in [0, 0.1) is 5.92 Å². The Morgan fingerprint density at radius 3 is 2.87 bits per heavy atom. The molecule has 0 aromatic carbocycles. The lowest BCUT2D eigenvalue weighted by atomic mass is 9.87. The maximum absolute atomic E-state index is 11.2. The zero-order chi connectivity index (χ0) is 11.1. The summed E-state index contributed by atoms with van der Waals surface area (Å²) in [5, 5.41) is 15.1. The van der Waals surface area contributed by atoms with Crippen molar-refractivity contribution in [3.05, 3.63) is 0 Å². The number of amides is 2. The summed E-state index contributed by atoms with van der Waals surface area (Å²) < 4.78 is 0. The molecule has 0 spiro atoms. The number of nitrogens with one attached hydrogen (secondary N) is 2. The van der Waals surface area contributed by atoms with Gasteiger partial charge in [-0.1, -0.05) is 13.3 Å². The summed E-state index contributed by atoms with van der Waals surface area (Å²) >= 11 is 0. The number of hydrogen-bond donors (Lipinski definition) is 3. The second-order valence-corrected chi connectivity index (χ2v) is 4.32. The minimum Gasteiger partial charge on any atom is -0.393 e. The van der Waals surface area contributed by atoms with Crippen molar-refractivity contribution in [2.24, 2.45) is 5.92 Å². The van der Waals surface area contributed by atoms with Gasteiger partial charge in [0.2, 0.25) is 0 Å². The Morgan fingerprint density at radius 2 is 2.20 bits per heavy atom. The second-order valence-electron chi connectivity index (χ2n) is 4.32. The average molecular weight is 214 g/mol. The molecule has 0 radical (unpaired) electrons. The van der Waals surface area contributed by atoms with Crippen LogP contribution in [-0.4, -0.2) is 30.3 Å². The molecule has 0 heterocycles. The van der Waals surface area contributed by atoms with E-state index in [2.05, 4.69) is 10.6 Å². The summed E-state index contributed by atoms with van der Waals surface area (Å²) in [6.45, 7) is 3.43. The molecule has 1 saturated carbocycles. The van der Waals surface area contributed by atoms with Crippen molar-refractivity contribution in [2.75, 3.05) is 13.1 Å². The molecule has 0 aromatic rings. The third-order valence-electron chi connectivity index (χ3n) is 2.84. The number of hydrogen-bond acceptors (Lipinski definition) is 2. The van der Waals surface area contributed by atoms with Crippen LogP contribution in [0.2, 0.25) is 0 Å². The summed E-state index contributed by atoms with van der Waals surface area (Å²) in [6, 6.07) is -0.0862. The van der Waals surface area contributed by atoms with Gasteiger partial charge in [-0.15, -0.1) is 0 Å². The minimum absolute atomic E-state index is 0.0862. The molecule has 4 nitrogen and oxygen atoms in total. The zero-order valence-electron chi connectivity index (χ0n) is 9.46. The smallest absolute Gasteiger partial charge is 0.314 e. The van der Waals surface area contributed by atoms with Crippen LogP contribution in [-0.2, 0) is 0 Å². The van der Waals surface area contributed by atoms with Gasteiger partial charge in [-0.05, 0) is 31.6 Å². The minimum atomic E-state index is -0.163. The largest absolute Gasteiger partial charge is 0.393 e. The van der Waals surface area contributed by atoms with Gasteiger partial charge in [0.25, 0.3) is 0 Å². The van der Waals surface area contributed by atoms with Gasteiger partial charge in [-0.2, -0.15) is 0 Å². The normalized spacial score (nSPS) is 26.0. The zero-order valence-corrected chi connectivity index (χ0v) is 9.46. The van der Waals surface area contributed by atoms with E-state index in [4.69, 9.17) is 0 Å². The molecule has 2 unspecified atom stereocenters. The van der Waals surface area contributed by atoms with Crippen molar-refractivity contribution in [1.29, 1.82) is 0 Å². The maximum Gasteiger partial charge on any atom is 0.314 e. The Balaban J connectivity index is 2.10. The second kappa shape index (κ2) is 6.67. The molecule has 3 N–H and O–H groups in total. The summed E-state index contributed by atoms with van der Waals surface area (Å²) in [5.74, 6) is 0.445. The fraction of sp³-hybridized carbons (Fsp3) is 0.909. The van der Waals surface area contributed by atoms with Crippen LogP contribution in [0.4, 0.5) is 4.79 Å². The van der Waals surface area contributed by atoms with Crippen LogP contribution >= 0.6 is 0 Å². The van der Waals surface area contributed by atoms with E-state index in [1.165, 1.54) is 0 Å². The van der Waals surface area contributed by atoms with Crippen LogP contribution in [0.3, 0.4) is 0 Å². The molecular weight excluding hydrogens is 192 g/mol. The fourth-order valence-electron chi connectivity index (χ4n) is 1.99. The number of aliphatic hydroxyl groups is 1. The molecule has 1 fully saturated rings. The highest BCUT2D eigenvalue weighted by Crippen LogP contribution is 2.23. The topological polar surface area (TPSA) is 61.4 Å². The average Bonchev–Trinajstić information content (AvgIpc) is 2.23. The quantitative estimate of drug-likeness (QED) is 0.659. The molecule has 2 amide bonds. The Labute approximate surface area is 91.4 Å². The molecule has 0 saturated heterocycles. The first kappa shape index (κ1) is 12.3. The van der Waals surface area contributed by atoms with Gasteiger partial charge in [-0.3, -0.25) is 0 Å². The van der Waals surface area contributed by atoms with E-state index in [0.717, 1.165) is 38.6 Å². The van der Waals surface area contributed by atoms with E-state index < -0.39 is 0 Å². The Morgan fingerprint density at radius 1 is 1.40 bits per heavy atom. The first-order valence-electron chi connectivity index (χ1n) is 5.92. The predicted octanol–water partition coefficient (Wildman–Crippen LogP) is 1.25. The van der Waals surface area contributed by atoms with Gasteiger partial charge < -0.3 is 15.7 Å². The number of carbonyl (C=O) groups excluding carboxylic acids is 1. The van der Waals surface area contributed by atoms with Crippen molar-refractivity contribution < 1.29 is 9.90 Å². The van der Waals surface area contributed by atoms with Gasteiger partial charge in [0.15, 0.2) is 0 Å². The van der Waals surface area contributed by atoms with E-state index in [1.807, 2.05) is 6.92 Å². The van der Waals surface area contributed by atoms with E-state index in [-0.39, 0.29) is 12.1 Å². The van der Waals surface area contributed by atoms with Crippen LogP contribution in [0.1, 0.15) is 39.0 Å². The van der Waals surface area contributed by atoms with E-state index >= 15 is 0 Å². The predicted molar refractivity (Wildman–Crippen MR) is 59.7 cm³/mol. The van der Waals surface area contributed by atoms with E-state index in [9.17, 15) is 9.90 Å². The van der Waals surface area contributed by atoms with E-state index in [1.54, 1.807) is 0 Å². The monoisotopic (exact) mass is 214 g/mol. The van der Waals surface area contributed by atoms with Gasteiger partial charge in [0.1, 0.15) is 0 Å². The molecule has 0 aromatic heterocycles. The highest BCUT2D eigenvalue weighted by molar-refractivity contribution is 5.73. The van der Waals surface area contributed by atoms with Crippen LogP contribution < -0.4 is 10.6 Å². The van der Waals surface area contributed by atoms with Crippen molar-refractivity contribution >= 4 is 6.03 Å². The number of aliphatic hydroxyl groups excluding tert-OH is 1. The summed E-state index contributed by atoms with van der Waals surface area (Å²) in [4.78, 5) is 11.2. The Kier molecular flexibility index (Phi) is 5.47. The molecule has 0 bridgehead atoms. The highest BCUT2D eigenvalue weighted by Gasteiger charge is 2.20. The summed E-state index contributed by atoms with van der Waals surface area (Å²) in [6.07, 6.45) is 4.72. The number of rotatable bonds is 4. The van der Waals surface area contributed by atoms with Crippen LogP contribution in [0.15, 0.2) is 0 Å². The van der Waals surface area contributed by atoms with Crippen molar-refractivity contribution in [3.63, 3.8) is 0 Å². The summed E-state index contributed by atoms with van der Waals surface area (Å²) in [7, 11) is 0. The molecule has 1 aliphatic rings. The molecule has 1 rings (SSSR count). The van der Waals surface area contributed by atoms with Gasteiger partial charge in [0.05, 0.1) is 6.10 Å². The number of carbonyl (C=O) groups is 1. The van der Waals surface area contributed by atoms with Crippen LogP contribution in [0.5, 0.6) is 0 Å². The van der Waals surface area contributed by atoms with Crippen molar-refractivity contribution in [2.45, 2.75) is 45.1 Å². The third kappa shape index (κ3) is 5.02. The Bertz CT molecular complexity index is 197. The van der Waals surface area contributed by atoms with Gasteiger partial charge >= 0.3 is 6.03 Å². The maximum atomic E-state index is 11.2. The highest BCUT2D eigenvalue weighted by atomic mass is 16.3. The van der Waals surface area contributed by atoms with Gasteiger partial charge in [-0.25, -0.2) is 4.79 Å². The summed E-state index contributed by atoms with van der Waals surface area (Å²) in [5.41, 5.74) is 0. The fourth-order valence-corrected chi connectivity index (χ4v) is 1.99.